The monoisotopic (exact) mass is 378 g/mol. The van der Waals surface area contributed by atoms with Gasteiger partial charge in [0.15, 0.2) is 0 Å². The molecule has 0 aromatic heterocycles. The van der Waals surface area contributed by atoms with Crippen LogP contribution in [0, 0.1) is 5.82 Å². The first-order valence-corrected chi connectivity index (χ1v) is 7.84. The van der Waals surface area contributed by atoms with E-state index in [-0.39, 0.29) is 30.5 Å². The molecule has 120 valence electrons. The molecule has 0 saturated carbocycles. The molecule has 0 bridgehead atoms. The third kappa shape index (κ3) is 4.89. The number of nitrogens with one attached hydrogen (secondary N) is 1. The molecule has 6 heteroatoms. The summed E-state index contributed by atoms with van der Waals surface area (Å²) < 4.78 is 14.3. The van der Waals surface area contributed by atoms with Gasteiger partial charge in [0.25, 0.3) is 0 Å². The van der Waals surface area contributed by atoms with Crippen LogP contribution in [-0.4, -0.2) is 18.4 Å². The molecule has 0 heterocycles. The summed E-state index contributed by atoms with van der Waals surface area (Å²) in [6.45, 7) is 1.65. The maximum Gasteiger partial charge on any atom is 0.226 e. The van der Waals surface area contributed by atoms with Gasteiger partial charge in [-0.1, -0.05) is 34.1 Å². The molecule has 0 radical (unpaired) electrons. The molecular weight excluding hydrogens is 363 g/mol. The van der Waals surface area contributed by atoms with E-state index in [1.807, 2.05) is 12.1 Å². The average molecular weight is 379 g/mol. The van der Waals surface area contributed by atoms with Crippen molar-refractivity contribution in [1.29, 1.82) is 0 Å². The first-order valence-electron chi connectivity index (χ1n) is 7.05. The van der Waals surface area contributed by atoms with Crippen LogP contribution in [0.15, 0.2) is 53.0 Å². The SMILES string of the molecule is CC(=O)N(CCC(=O)Nc1ccccc1F)c1cccc(Br)c1. The van der Waals surface area contributed by atoms with Gasteiger partial charge in [0, 0.05) is 30.0 Å². The Kier molecular flexibility index (Phi) is 5.87. The summed E-state index contributed by atoms with van der Waals surface area (Å²) in [6.07, 6.45) is 0.0699. The molecule has 0 unspecified atom stereocenters. The van der Waals surface area contributed by atoms with Crippen LogP contribution in [0.5, 0.6) is 0 Å². The van der Waals surface area contributed by atoms with E-state index in [2.05, 4.69) is 21.2 Å². The predicted octanol–water partition coefficient (Wildman–Crippen LogP) is 3.97. The van der Waals surface area contributed by atoms with Gasteiger partial charge in [-0.3, -0.25) is 9.59 Å². The molecule has 0 aliphatic carbocycles. The Balaban J connectivity index is 2.00. The van der Waals surface area contributed by atoms with Gasteiger partial charge in [-0.25, -0.2) is 4.39 Å². The van der Waals surface area contributed by atoms with Crippen LogP contribution in [0.3, 0.4) is 0 Å². The van der Waals surface area contributed by atoms with Crippen molar-refractivity contribution in [3.8, 4) is 0 Å². The molecule has 0 spiro atoms. The van der Waals surface area contributed by atoms with Crippen molar-refractivity contribution in [2.75, 3.05) is 16.8 Å². The molecule has 1 N–H and O–H groups in total. The van der Waals surface area contributed by atoms with E-state index in [1.165, 1.54) is 24.0 Å². The van der Waals surface area contributed by atoms with Gasteiger partial charge in [-0.2, -0.15) is 0 Å². The summed E-state index contributed by atoms with van der Waals surface area (Å²) in [5, 5.41) is 2.51. The smallest absolute Gasteiger partial charge is 0.226 e. The van der Waals surface area contributed by atoms with Crippen molar-refractivity contribution in [1.82, 2.24) is 0 Å². The van der Waals surface area contributed by atoms with Gasteiger partial charge >= 0.3 is 0 Å². The van der Waals surface area contributed by atoms with Crippen molar-refractivity contribution < 1.29 is 14.0 Å². The molecule has 0 atom stereocenters. The fourth-order valence-corrected chi connectivity index (χ4v) is 2.49. The molecular formula is C17H16BrFN2O2. The lowest BCUT2D eigenvalue weighted by Crippen LogP contribution is -2.32. The lowest BCUT2D eigenvalue weighted by Gasteiger charge is -2.21. The molecule has 0 fully saturated rings. The minimum Gasteiger partial charge on any atom is -0.324 e. The highest BCUT2D eigenvalue weighted by molar-refractivity contribution is 9.10. The van der Waals surface area contributed by atoms with Gasteiger partial charge in [0.1, 0.15) is 5.82 Å². The standard InChI is InChI=1S/C17H16BrFN2O2/c1-12(22)21(14-6-4-5-13(18)11-14)10-9-17(23)20-16-8-3-2-7-15(16)19/h2-8,11H,9-10H2,1H3,(H,20,23). The quantitative estimate of drug-likeness (QED) is 0.855. The number of carbonyl (C=O) groups excluding carboxylic acids is 2. The van der Waals surface area contributed by atoms with Crippen LogP contribution in [0.25, 0.3) is 0 Å². The largest absolute Gasteiger partial charge is 0.324 e. The maximum atomic E-state index is 13.5. The molecule has 0 aliphatic rings. The van der Waals surface area contributed by atoms with E-state index in [4.69, 9.17) is 0 Å². The number of amides is 2. The zero-order valence-corrected chi connectivity index (χ0v) is 14.1. The molecule has 2 rings (SSSR count). The van der Waals surface area contributed by atoms with E-state index >= 15 is 0 Å². The number of hydrogen-bond acceptors (Lipinski definition) is 2. The number of carbonyl (C=O) groups is 2. The van der Waals surface area contributed by atoms with E-state index in [1.54, 1.807) is 24.3 Å². The van der Waals surface area contributed by atoms with Crippen LogP contribution >= 0.6 is 15.9 Å². The summed E-state index contributed by atoms with van der Waals surface area (Å²) >= 11 is 3.35. The molecule has 2 amide bonds. The lowest BCUT2D eigenvalue weighted by molar-refractivity contribution is -0.117. The fraction of sp³-hybridized carbons (Fsp3) is 0.176. The van der Waals surface area contributed by atoms with Crippen molar-refractivity contribution in [2.24, 2.45) is 0 Å². The Morgan fingerprint density at radius 1 is 1.17 bits per heavy atom. The van der Waals surface area contributed by atoms with Crippen molar-refractivity contribution >= 4 is 39.1 Å². The zero-order valence-electron chi connectivity index (χ0n) is 12.6. The van der Waals surface area contributed by atoms with E-state index in [9.17, 15) is 14.0 Å². The van der Waals surface area contributed by atoms with Crippen molar-refractivity contribution in [3.63, 3.8) is 0 Å². The van der Waals surface area contributed by atoms with E-state index < -0.39 is 5.82 Å². The van der Waals surface area contributed by atoms with Crippen molar-refractivity contribution in [3.05, 3.63) is 58.8 Å². The minimum atomic E-state index is -0.490. The van der Waals surface area contributed by atoms with Gasteiger partial charge in [-0.15, -0.1) is 0 Å². The van der Waals surface area contributed by atoms with E-state index in [0.29, 0.717) is 5.69 Å². The molecule has 23 heavy (non-hydrogen) atoms. The first-order chi connectivity index (χ1) is 11.0. The predicted molar refractivity (Wildman–Crippen MR) is 91.8 cm³/mol. The zero-order chi connectivity index (χ0) is 16.8. The van der Waals surface area contributed by atoms with E-state index in [0.717, 1.165) is 4.47 Å². The van der Waals surface area contributed by atoms with Gasteiger partial charge in [0.2, 0.25) is 11.8 Å². The molecule has 2 aromatic rings. The normalized spacial score (nSPS) is 10.2. The van der Waals surface area contributed by atoms with Crippen LogP contribution < -0.4 is 10.2 Å². The third-order valence-corrected chi connectivity index (χ3v) is 3.70. The highest BCUT2D eigenvalue weighted by atomic mass is 79.9. The second kappa shape index (κ2) is 7.87. The molecule has 0 saturated heterocycles. The van der Waals surface area contributed by atoms with Gasteiger partial charge in [-0.05, 0) is 30.3 Å². The topological polar surface area (TPSA) is 49.4 Å². The summed E-state index contributed by atoms with van der Waals surface area (Å²) in [5.74, 6) is -1.01. The number of halogens is 2. The number of hydrogen-bond donors (Lipinski definition) is 1. The first kappa shape index (κ1) is 17.1. The Bertz CT molecular complexity index is 721. The van der Waals surface area contributed by atoms with Crippen LogP contribution in [-0.2, 0) is 9.59 Å². The highest BCUT2D eigenvalue weighted by Gasteiger charge is 2.14. The Hall–Kier alpha value is -2.21. The number of rotatable bonds is 5. The number of anilines is 2. The number of nitrogens with zero attached hydrogens (tertiary/aromatic N) is 1. The second-order valence-corrected chi connectivity index (χ2v) is 5.84. The number of para-hydroxylation sites is 1. The third-order valence-electron chi connectivity index (χ3n) is 3.21. The number of benzene rings is 2. The summed E-state index contributed by atoms with van der Waals surface area (Å²) in [6, 6.07) is 13.2. The average Bonchev–Trinajstić information content (AvgIpc) is 2.49. The second-order valence-electron chi connectivity index (χ2n) is 4.93. The summed E-state index contributed by atoms with van der Waals surface area (Å²) in [7, 11) is 0. The Morgan fingerprint density at radius 2 is 1.91 bits per heavy atom. The van der Waals surface area contributed by atoms with Gasteiger partial charge in [0.05, 0.1) is 5.69 Å². The molecule has 0 aliphatic heterocycles. The summed E-state index contributed by atoms with van der Waals surface area (Å²) in [5.41, 5.74) is 0.833. The summed E-state index contributed by atoms with van der Waals surface area (Å²) in [4.78, 5) is 25.3. The molecule has 2 aromatic carbocycles. The lowest BCUT2D eigenvalue weighted by atomic mass is 10.2. The van der Waals surface area contributed by atoms with Crippen LogP contribution in [0.2, 0.25) is 0 Å². The fourth-order valence-electron chi connectivity index (χ4n) is 2.10. The minimum absolute atomic E-state index is 0.0699. The Morgan fingerprint density at radius 3 is 2.57 bits per heavy atom. The van der Waals surface area contributed by atoms with Crippen LogP contribution in [0.1, 0.15) is 13.3 Å². The van der Waals surface area contributed by atoms with Crippen molar-refractivity contribution in [2.45, 2.75) is 13.3 Å². The van der Waals surface area contributed by atoms with Gasteiger partial charge < -0.3 is 10.2 Å². The highest BCUT2D eigenvalue weighted by Crippen LogP contribution is 2.20. The Labute approximate surface area is 142 Å². The molecule has 4 nitrogen and oxygen atoms in total. The van der Waals surface area contributed by atoms with Crippen LogP contribution in [0.4, 0.5) is 15.8 Å². The maximum absolute atomic E-state index is 13.5.